The number of nitrogens with two attached hydrogens (primary N) is 1. The lowest BCUT2D eigenvalue weighted by molar-refractivity contribution is 0.420. The lowest BCUT2D eigenvalue weighted by Crippen LogP contribution is -2.27. The zero-order valence-corrected chi connectivity index (χ0v) is 15.5. The van der Waals surface area contributed by atoms with E-state index in [4.69, 9.17) is 15.5 Å². The van der Waals surface area contributed by atoms with Crippen LogP contribution in [0.5, 0.6) is 5.75 Å². The van der Waals surface area contributed by atoms with Gasteiger partial charge in [0.1, 0.15) is 17.2 Å². The molecule has 0 fully saturated rings. The van der Waals surface area contributed by atoms with Crippen molar-refractivity contribution in [2.45, 2.75) is 20.0 Å². The van der Waals surface area contributed by atoms with Crippen LogP contribution < -0.4 is 15.8 Å². The van der Waals surface area contributed by atoms with E-state index in [1.807, 2.05) is 0 Å². The summed E-state index contributed by atoms with van der Waals surface area (Å²) in [6.07, 6.45) is 0. The van der Waals surface area contributed by atoms with E-state index in [0.717, 1.165) is 51.4 Å². The maximum Gasteiger partial charge on any atom is 0.173 e. The maximum atomic E-state index is 6.28. The predicted molar refractivity (Wildman–Crippen MR) is 106 cm³/mol. The minimum atomic E-state index is 0.535. The molecule has 0 amide bonds. The standard InChI is InChI=1S/C19H19N5OS/c1-10-5-11-7-15(26-16(11)14(6-10)25-2)18-22-17(20)13-8-12-9-21-3-4-24(12)19(13)23-18/h5-8,21H,3-4,9H2,1-2H3,(H2,20,22,23). The van der Waals surface area contributed by atoms with Gasteiger partial charge in [0.15, 0.2) is 5.82 Å². The Kier molecular flexibility index (Phi) is 3.41. The third-order valence-corrected chi connectivity index (χ3v) is 6.01. The van der Waals surface area contributed by atoms with E-state index in [1.165, 1.54) is 11.3 Å². The summed E-state index contributed by atoms with van der Waals surface area (Å²) < 4.78 is 8.90. The van der Waals surface area contributed by atoms with E-state index in [0.29, 0.717) is 11.6 Å². The van der Waals surface area contributed by atoms with Gasteiger partial charge in [0, 0.05) is 25.3 Å². The number of aromatic nitrogens is 3. The number of methoxy groups -OCH3 is 1. The summed E-state index contributed by atoms with van der Waals surface area (Å²) in [5.41, 5.74) is 9.57. The first-order valence-electron chi connectivity index (χ1n) is 8.59. The molecule has 5 rings (SSSR count). The van der Waals surface area contributed by atoms with Crippen LogP contribution in [0.1, 0.15) is 11.3 Å². The van der Waals surface area contributed by atoms with Gasteiger partial charge in [-0.2, -0.15) is 0 Å². The first kappa shape index (κ1) is 15.6. The molecule has 6 nitrogen and oxygen atoms in total. The lowest BCUT2D eigenvalue weighted by Gasteiger charge is -2.16. The third kappa shape index (κ3) is 2.28. The van der Waals surface area contributed by atoms with Crippen LogP contribution in [0.2, 0.25) is 0 Å². The average Bonchev–Trinajstić information content (AvgIpc) is 3.22. The number of nitrogen functional groups attached to an aromatic ring is 1. The SMILES string of the molecule is COc1cc(C)cc2cc(-c3nc(N)c4cc5n(c4n3)CCNC5)sc12. The van der Waals surface area contributed by atoms with E-state index in [1.54, 1.807) is 18.4 Å². The van der Waals surface area contributed by atoms with Gasteiger partial charge in [0.25, 0.3) is 0 Å². The summed E-state index contributed by atoms with van der Waals surface area (Å²) in [4.78, 5) is 10.5. The van der Waals surface area contributed by atoms with Crippen molar-refractivity contribution < 1.29 is 4.74 Å². The van der Waals surface area contributed by atoms with Crippen LogP contribution in [-0.2, 0) is 13.1 Å². The molecule has 4 aromatic rings. The summed E-state index contributed by atoms with van der Waals surface area (Å²) in [7, 11) is 1.70. The van der Waals surface area contributed by atoms with Crippen LogP contribution in [0.15, 0.2) is 24.3 Å². The highest BCUT2D eigenvalue weighted by Crippen LogP contribution is 2.39. The zero-order valence-electron chi connectivity index (χ0n) is 14.7. The second-order valence-electron chi connectivity index (χ2n) is 6.63. The Morgan fingerprint density at radius 3 is 2.96 bits per heavy atom. The molecule has 0 aliphatic carbocycles. The lowest BCUT2D eigenvalue weighted by atomic mass is 10.1. The van der Waals surface area contributed by atoms with Gasteiger partial charge in [0.05, 0.1) is 22.1 Å². The predicted octanol–water partition coefficient (Wildman–Crippen LogP) is 3.32. The number of rotatable bonds is 2. The Hall–Kier alpha value is -2.64. The number of nitrogens with zero attached hydrogens (tertiary/aromatic N) is 3. The van der Waals surface area contributed by atoms with Gasteiger partial charge in [0.2, 0.25) is 0 Å². The molecule has 26 heavy (non-hydrogen) atoms. The number of ether oxygens (including phenoxy) is 1. The molecule has 1 aliphatic rings. The van der Waals surface area contributed by atoms with E-state index in [9.17, 15) is 0 Å². The fourth-order valence-electron chi connectivity index (χ4n) is 3.64. The number of benzene rings is 1. The van der Waals surface area contributed by atoms with Crippen molar-refractivity contribution in [1.29, 1.82) is 0 Å². The van der Waals surface area contributed by atoms with Crippen LogP contribution >= 0.6 is 11.3 Å². The largest absolute Gasteiger partial charge is 0.495 e. The first-order valence-corrected chi connectivity index (χ1v) is 9.40. The summed E-state index contributed by atoms with van der Waals surface area (Å²) in [6, 6.07) is 8.43. The van der Waals surface area contributed by atoms with E-state index in [2.05, 4.69) is 46.1 Å². The number of thiophene rings is 1. The summed E-state index contributed by atoms with van der Waals surface area (Å²) in [5, 5.41) is 5.46. The first-order chi connectivity index (χ1) is 12.6. The molecule has 3 N–H and O–H groups in total. The Balaban J connectivity index is 1.73. The molecule has 0 spiro atoms. The molecule has 1 aliphatic heterocycles. The second kappa shape index (κ2) is 5.69. The molecule has 3 aromatic heterocycles. The Bertz CT molecular complexity index is 1160. The third-order valence-electron chi connectivity index (χ3n) is 4.85. The molecule has 0 unspecified atom stereocenters. The number of hydrogen-bond acceptors (Lipinski definition) is 6. The molecule has 0 saturated heterocycles. The fourth-order valence-corrected chi connectivity index (χ4v) is 4.71. The maximum absolute atomic E-state index is 6.28. The van der Waals surface area contributed by atoms with Crippen molar-refractivity contribution in [3.8, 4) is 16.5 Å². The molecule has 1 aromatic carbocycles. The number of anilines is 1. The minimum Gasteiger partial charge on any atom is -0.495 e. The van der Waals surface area contributed by atoms with Crippen LogP contribution in [-0.4, -0.2) is 28.2 Å². The van der Waals surface area contributed by atoms with E-state index >= 15 is 0 Å². The number of nitrogens with one attached hydrogen (secondary N) is 1. The van der Waals surface area contributed by atoms with Crippen molar-refractivity contribution in [1.82, 2.24) is 19.9 Å². The molecule has 0 bridgehead atoms. The normalized spacial score (nSPS) is 14.1. The fraction of sp³-hybridized carbons (Fsp3) is 0.263. The monoisotopic (exact) mass is 365 g/mol. The van der Waals surface area contributed by atoms with Crippen molar-refractivity contribution in [3.05, 3.63) is 35.5 Å². The molecule has 4 heterocycles. The summed E-state index contributed by atoms with van der Waals surface area (Å²) >= 11 is 1.64. The van der Waals surface area contributed by atoms with Crippen molar-refractivity contribution >= 4 is 38.3 Å². The molecule has 0 radical (unpaired) electrons. The average molecular weight is 365 g/mol. The van der Waals surface area contributed by atoms with Crippen LogP contribution in [0.4, 0.5) is 5.82 Å². The zero-order chi connectivity index (χ0) is 17.8. The topological polar surface area (TPSA) is 78.0 Å². The molecular weight excluding hydrogens is 346 g/mol. The second-order valence-corrected chi connectivity index (χ2v) is 7.68. The molecule has 0 atom stereocenters. The molecule has 132 valence electrons. The van der Waals surface area contributed by atoms with Gasteiger partial charge in [-0.25, -0.2) is 9.97 Å². The molecule has 7 heteroatoms. The van der Waals surface area contributed by atoms with E-state index in [-0.39, 0.29) is 0 Å². The van der Waals surface area contributed by atoms with Crippen molar-refractivity contribution in [2.75, 3.05) is 19.4 Å². The highest BCUT2D eigenvalue weighted by Gasteiger charge is 2.19. The molecule has 0 saturated carbocycles. The Labute approximate surface area is 154 Å². The number of fused-ring (bicyclic) bond motifs is 4. The van der Waals surface area contributed by atoms with Gasteiger partial charge in [-0.3, -0.25) is 0 Å². The highest BCUT2D eigenvalue weighted by atomic mass is 32.1. The summed E-state index contributed by atoms with van der Waals surface area (Å²) in [5.74, 6) is 2.10. The van der Waals surface area contributed by atoms with Gasteiger partial charge in [-0.05, 0) is 36.1 Å². The van der Waals surface area contributed by atoms with Crippen molar-refractivity contribution in [3.63, 3.8) is 0 Å². The van der Waals surface area contributed by atoms with Crippen LogP contribution in [0.3, 0.4) is 0 Å². The molecular formula is C19H19N5OS. The van der Waals surface area contributed by atoms with Gasteiger partial charge in [-0.15, -0.1) is 11.3 Å². The van der Waals surface area contributed by atoms with Crippen LogP contribution in [0, 0.1) is 6.92 Å². The summed E-state index contributed by atoms with van der Waals surface area (Å²) in [6.45, 7) is 4.74. The quantitative estimate of drug-likeness (QED) is 0.570. The van der Waals surface area contributed by atoms with E-state index < -0.39 is 0 Å². The Morgan fingerprint density at radius 1 is 1.23 bits per heavy atom. The number of aryl methyl sites for hydroxylation is 1. The van der Waals surface area contributed by atoms with Gasteiger partial charge in [-0.1, -0.05) is 6.07 Å². The van der Waals surface area contributed by atoms with Gasteiger partial charge >= 0.3 is 0 Å². The van der Waals surface area contributed by atoms with Crippen LogP contribution in [0.25, 0.3) is 31.8 Å². The highest BCUT2D eigenvalue weighted by molar-refractivity contribution is 7.22. The van der Waals surface area contributed by atoms with Gasteiger partial charge < -0.3 is 20.4 Å². The number of hydrogen-bond donors (Lipinski definition) is 2. The Morgan fingerprint density at radius 2 is 2.12 bits per heavy atom. The minimum absolute atomic E-state index is 0.535. The smallest absolute Gasteiger partial charge is 0.173 e. The van der Waals surface area contributed by atoms with Crippen molar-refractivity contribution in [2.24, 2.45) is 0 Å².